The largest absolute Gasteiger partial charge is 0.490 e. The fraction of sp³-hybridized carbons (Fsp3) is 0.333. The number of aromatic nitrogens is 2. The van der Waals surface area contributed by atoms with Crippen molar-refractivity contribution in [1.82, 2.24) is 20.2 Å². The summed E-state index contributed by atoms with van der Waals surface area (Å²) >= 11 is 0. The van der Waals surface area contributed by atoms with Gasteiger partial charge in [0.25, 0.3) is 5.91 Å². The van der Waals surface area contributed by atoms with Gasteiger partial charge in [-0.3, -0.25) is 4.79 Å². The van der Waals surface area contributed by atoms with Gasteiger partial charge in [0.1, 0.15) is 17.7 Å². The summed E-state index contributed by atoms with van der Waals surface area (Å²) in [5.74, 6) is -1.18. The summed E-state index contributed by atoms with van der Waals surface area (Å²) in [5.41, 5.74) is 3.96. The smallest absolute Gasteiger partial charge is 0.475 e. The van der Waals surface area contributed by atoms with Crippen molar-refractivity contribution in [3.63, 3.8) is 0 Å². The van der Waals surface area contributed by atoms with Crippen LogP contribution in [0.4, 0.5) is 30.5 Å². The first kappa shape index (κ1) is 29.4. The molecular weight excluding hydrogens is 543 g/mol. The molecule has 11 nitrogen and oxygen atoms in total. The summed E-state index contributed by atoms with van der Waals surface area (Å²) in [4.78, 5) is 33.4. The van der Waals surface area contributed by atoms with Gasteiger partial charge in [-0.2, -0.15) is 18.4 Å². The maximum Gasteiger partial charge on any atom is 0.490 e. The number of benzene rings is 1. The minimum atomic E-state index is -5.08. The molecule has 2 aromatic heterocycles. The average Bonchev–Trinajstić information content (AvgIpc) is 3.43. The molecule has 0 atom stereocenters. The number of ether oxygens (including phenoxy) is 1. The average molecular weight is 572 g/mol. The molecule has 0 spiro atoms. The number of anilines is 3. The monoisotopic (exact) mass is 571 g/mol. The van der Waals surface area contributed by atoms with E-state index in [2.05, 4.69) is 31.6 Å². The second-order valence-corrected chi connectivity index (χ2v) is 9.13. The highest BCUT2D eigenvalue weighted by Gasteiger charge is 2.38. The van der Waals surface area contributed by atoms with Crippen molar-refractivity contribution in [3.05, 3.63) is 59.8 Å². The molecule has 2 aliphatic heterocycles. The maximum atomic E-state index is 12.6. The fourth-order valence-corrected chi connectivity index (χ4v) is 4.28. The number of carbonyl (C=O) groups excluding carboxylic acids is 1. The van der Waals surface area contributed by atoms with E-state index in [0.717, 1.165) is 48.9 Å². The van der Waals surface area contributed by atoms with E-state index in [9.17, 15) is 23.2 Å². The van der Waals surface area contributed by atoms with Gasteiger partial charge in [0.15, 0.2) is 0 Å². The number of hydrogen-bond acceptors (Lipinski definition) is 8. The van der Waals surface area contributed by atoms with Crippen molar-refractivity contribution in [3.8, 4) is 17.3 Å². The molecule has 4 heterocycles. The molecule has 4 N–H and O–H groups in total. The van der Waals surface area contributed by atoms with Crippen molar-refractivity contribution < 1.29 is 32.6 Å². The molecule has 5 rings (SSSR count). The molecule has 2 fully saturated rings. The summed E-state index contributed by atoms with van der Waals surface area (Å²) in [5, 5.41) is 23.4. The van der Waals surface area contributed by atoms with Crippen LogP contribution in [0.5, 0.6) is 0 Å². The van der Waals surface area contributed by atoms with Crippen molar-refractivity contribution in [2.45, 2.75) is 6.18 Å². The molecular formula is C27H28F3N7O4. The number of H-pyrrole nitrogens is 1. The number of aliphatic carboxylic acids is 1. The Morgan fingerprint density at radius 2 is 1.71 bits per heavy atom. The number of aromatic amines is 1. The van der Waals surface area contributed by atoms with Crippen LogP contribution in [0.25, 0.3) is 11.3 Å². The van der Waals surface area contributed by atoms with Crippen molar-refractivity contribution in [2.24, 2.45) is 0 Å². The molecule has 0 unspecified atom stereocenters. The molecule has 0 aliphatic carbocycles. The van der Waals surface area contributed by atoms with Gasteiger partial charge in [-0.15, -0.1) is 0 Å². The van der Waals surface area contributed by atoms with Crippen LogP contribution in [0.15, 0.2) is 48.7 Å². The van der Waals surface area contributed by atoms with E-state index in [1.54, 1.807) is 6.20 Å². The van der Waals surface area contributed by atoms with Crippen LogP contribution in [-0.2, 0) is 9.53 Å². The van der Waals surface area contributed by atoms with E-state index < -0.39 is 12.1 Å². The number of nitrogens with one attached hydrogen (secondary N) is 3. The first-order chi connectivity index (χ1) is 19.7. The third-order valence-electron chi connectivity index (χ3n) is 6.37. The van der Waals surface area contributed by atoms with Crippen LogP contribution in [0.2, 0.25) is 0 Å². The minimum Gasteiger partial charge on any atom is -0.475 e. The Bertz CT molecular complexity index is 1390. The van der Waals surface area contributed by atoms with Crippen LogP contribution >= 0.6 is 0 Å². The SMILES string of the molecule is N#Cc1cc(-c2ccnc(Nc3ccc(C(=O)N4CCOCC4)cc3)c2)[nH]c1N1CCNCC1.O=C(O)C(F)(F)F. The van der Waals surface area contributed by atoms with Gasteiger partial charge in [0, 0.05) is 68.0 Å². The topological polar surface area (TPSA) is 147 Å². The summed E-state index contributed by atoms with van der Waals surface area (Å²) in [7, 11) is 0. The van der Waals surface area contributed by atoms with Gasteiger partial charge in [0.2, 0.25) is 0 Å². The number of halogens is 3. The molecule has 2 saturated heterocycles. The van der Waals surface area contributed by atoms with Crippen LogP contribution < -0.4 is 15.5 Å². The number of hydrogen-bond donors (Lipinski definition) is 4. The molecule has 0 saturated carbocycles. The minimum absolute atomic E-state index is 0.0234. The summed E-state index contributed by atoms with van der Waals surface area (Å²) in [6.07, 6.45) is -3.34. The number of pyridine rings is 1. The van der Waals surface area contributed by atoms with E-state index >= 15 is 0 Å². The number of rotatable bonds is 5. The summed E-state index contributed by atoms with van der Waals surface area (Å²) in [6.45, 7) is 5.94. The zero-order valence-electron chi connectivity index (χ0n) is 21.9. The van der Waals surface area contributed by atoms with Crippen molar-refractivity contribution in [2.75, 3.05) is 62.7 Å². The third kappa shape index (κ3) is 7.74. The van der Waals surface area contributed by atoms with E-state index in [4.69, 9.17) is 14.6 Å². The van der Waals surface area contributed by atoms with Gasteiger partial charge in [-0.05, 0) is 42.5 Å². The van der Waals surface area contributed by atoms with Gasteiger partial charge in [0.05, 0.1) is 18.8 Å². The second-order valence-electron chi connectivity index (χ2n) is 9.13. The van der Waals surface area contributed by atoms with Crippen molar-refractivity contribution >= 4 is 29.2 Å². The number of amides is 1. The molecule has 2 aliphatic rings. The number of carbonyl (C=O) groups is 2. The molecule has 0 bridgehead atoms. The van der Waals surface area contributed by atoms with Crippen LogP contribution in [0.3, 0.4) is 0 Å². The Hall–Kier alpha value is -4.61. The lowest BCUT2D eigenvalue weighted by Gasteiger charge is -2.28. The number of carboxylic acid groups (broad SMARTS) is 1. The predicted octanol–water partition coefficient (Wildman–Crippen LogP) is 3.21. The first-order valence-electron chi connectivity index (χ1n) is 12.7. The van der Waals surface area contributed by atoms with Crippen LogP contribution in [0, 0.1) is 11.3 Å². The van der Waals surface area contributed by atoms with Gasteiger partial charge in [-0.1, -0.05) is 0 Å². The standard InChI is InChI=1S/C25H27N7O2.C2HF3O2/c26-17-20-15-22(30-24(20)31-9-7-27-8-10-31)19-5-6-28-23(16-19)29-21-3-1-18(2-4-21)25(33)32-11-13-34-14-12-32;3-2(4,5)1(6)7/h1-6,15-16,27,30H,7-14H2,(H,28,29);(H,6,7). The van der Waals surface area contributed by atoms with Crippen molar-refractivity contribution in [1.29, 1.82) is 5.26 Å². The number of morpholine rings is 1. The lowest BCUT2D eigenvalue weighted by atomic mass is 10.1. The van der Waals surface area contributed by atoms with Crippen LogP contribution in [0.1, 0.15) is 15.9 Å². The zero-order chi connectivity index (χ0) is 29.4. The van der Waals surface area contributed by atoms with E-state index in [1.807, 2.05) is 47.4 Å². The van der Waals surface area contributed by atoms with Gasteiger partial charge in [-0.25, -0.2) is 9.78 Å². The predicted molar refractivity (Wildman–Crippen MR) is 144 cm³/mol. The quantitative estimate of drug-likeness (QED) is 0.363. The zero-order valence-corrected chi connectivity index (χ0v) is 21.9. The highest BCUT2D eigenvalue weighted by molar-refractivity contribution is 5.94. The van der Waals surface area contributed by atoms with Gasteiger partial charge >= 0.3 is 12.1 Å². The first-order valence-corrected chi connectivity index (χ1v) is 12.7. The Kier molecular flexibility index (Phi) is 9.43. The van der Waals surface area contributed by atoms with Gasteiger partial charge < -0.3 is 35.3 Å². The third-order valence-corrected chi connectivity index (χ3v) is 6.37. The highest BCUT2D eigenvalue weighted by Crippen LogP contribution is 2.29. The van der Waals surface area contributed by atoms with E-state index in [-0.39, 0.29) is 5.91 Å². The summed E-state index contributed by atoms with van der Waals surface area (Å²) < 4.78 is 37.1. The Balaban J connectivity index is 0.000000493. The molecule has 41 heavy (non-hydrogen) atoms. The lowest BCUT2D eigenvalue weighted by Crippen LogP contribution is -2.44. The molecule has 1 aromatic carbocycles. The number of carboxylic acids is 1. The lowest BCUT2D eigenvalue weighted by molar-refractivity contribution is -0.192. The number of nitrogens with zero attached hydrogens (tertiary/aromatic N) is 4. The number of piperazine rings is 1. The fourth-order valence-electron chi connectivity index (χ4n) is 4.28. The molecule has 216 valence electrons. The van der Waals surface area contributed by atoms with E-state index in [1.165, 1.54) is 0 Å². The molecule has 1 amide bonds. The summed E-state index contributed by atoms with van der Waals surface area (Å²) in [6, 6.07) is 15.5. The second kappa shape index (κ2) is 13.2. The Labute approximate surface area is 233 Å². The highest BCUT2D eigenvalue weighted by atomic mass is 19.4. The van der Waals surface area contributed by atoms with E-state index in [0.29, 0.717) is 43.2 Å². The maximum absolute atomic E-state index is 12.6. The van der Waals surface area contributed by atoms with Crippen LogP contribution in [-0.4, -0.2) is 90.5 Å². The number of nitriles is 1. The molecule has 14 heteroatoms. The Morgan fingerprint density at radius 3 is 2.32 bits per heavy atom. The number of alkyl halides is 3. The molecule has 0 radical (unpaired) electrons. The Morgan fingerprint density at radius 1 is 1.05 bits per heavy atom. The molecule has 3 aromatic rings. The normalized spacial score (nSPS) is 15.4.